The summed E-state index contributed by atoms with van der Waals surface area (Å²) in [4.78, 5) is 11.1. The van der Waals surface area contributed by atoms with Crippen LogP contribution in [-0.2, 0) is 20.6 Å². The fourth-order valence-electron chi connectivity index (χ4n) is 1.55. The summed E-state index contributed by atoms with van der Waals surface area (Å²) in [5.74, 6) is -1.73. The number of carboxylic acid groups (broad SMARTS) is 1. The number of rotatable bonds is 7. The van der Waals surface area contributed by atoms with Crippen LogP contribution in [0.4, 0.5) is 0 Å². The Labute approximate surface area is 112 Å². The SMILES string of the molecule is CC[C@H](C)[C@H](NS(=O)(=O)Cc1cc(C)no1)C(=O)O. The molecule has 19 heavy (non-hydrogen) atoms. The number of aliphatic carboxylic acids is 1. The minimum atomic E-state index is -3.79. The molecule has 1 aromatic rings. The molecular formula is C11H18N2O5S. The highest BCUT2D eigenvalue weighted by molar-refractivity contribution is 7.88. The van der Waals surface area contributed by atoms with Gasteiger partial charge in [0.15, 0.2) is 5.76 Å². The zero-order valence-corrected chi connectivity index (χ0v) is 11.9. The Kier molecular flexibility index (Phi) is 5.07. The van der Waals surface area contributed by atoms with Crippen LogP contribution in [0.2, 0.25) is 0 Å². The number of carboxylic acids is 1. The van der Waals surface area contributed by atoms with Gasteiger partial charge in [-0.15, -0.1) is 0 Å². The zero-order valence-electron chi connectivity index (χ0n) is 11.1. The van der Waals surface area contributed by atoms with E-state index in [0.29, 0.717) is 12.1 Å². The Morgan fingerprint density at radius 3 is 2.63 bits per heavy atom. The number of aromatic nitrogens is 1. The molecule has 0 radical (unpaired) electrons. The minimum Gasteiger partial charge on any atom is -0.480 e. The Balaban J connectivity index is 2.80. The van der Waals surface area contributed by atoms with Gasteiger partial charge >= 0.3 is 5.97 Å². The van der Waals surface area contributed by atoms with Gasteiger partial charge in [-0.2, -0.15) is 0 Å². The molecule has 0 amide bonds. The average Bonchev–Trinajstić information content (AvgIpc) is 2.69. The van der Waals surface area contributed by atoms with Crippen molar-refractivity contribution in [3.63, 3.8) is 0 Å². The largest absolute Gasteiger partial charge is 0.480 e. The van der Waals surface area contributed by atoms with E-state index in [9.17, 15) is 13.2 Å². The first-order valence-electron chi connectivity index (χ1n) is 5.90. The molecule has 0 saturated carbocycles. The van der Waals surface area contributed by atoms with Gasteiger partial charge in [-0.1, -0.05) is 25.4 Å². The maximum Gasteiger partial charge on any atom is 0.322 e. The van der Waals surface area contributed by atoms with Crippen molar-refractivity contribution in [2.75, 3.05) is 0 Å². The van der Waals surface area contributed by atoms with Crippen molar-refractivity contribution in [1.29, 1.82) is 0 Å². The van der Waals surface area contributed by atoms with Crippen LogP contribution in [0.15, 0.2) is 10.6 Å². The fraction of sp³-hybridized carbons (Fsp3) is 0.636. The molecule has 0 aliphatic carbocycles. The van der Waals surface area contributed by atoms with E-state index in [0.717, 1.165) is 0 Å². The van der Waals surface area contributed by atoms with E-state index in [-0.39, 0.29) is 11.7 Å². The number of hydrogen-bond acceptors (Lipinski definition) is 5. The smallest absolute Gasteiger partial charge is 0.322 e. The lowest BCUT2D eigenvalue weighted by atomic mass is 10.0. The van der Waals surface area contributed by atoms with Crippen molar-refractivity contribution in [2.24, 2.45) is 5.92 Å². The normalized spacial score (nSPS) is 15.1. The predicted molar refractivity (Wildman–Crippen MR) is 67.9 cm³/mol. The van der Waals surface area contributed by atoms with Crippen molar-refractivity contribution in [3.8, 4) is 0 Å². The maximum atomic E-state index is 11.9. The number of nitrogens with zero attached hydrogens (tertiary/aromatic N) is 1. The Bertz CT molecular complexity index is 537. The van der Waals surface area contributed by atoms with Gasteiger partial charge in [0.1, 0.15) is 11.8 Å². The van der Waals surface area contributed by atoms with Crippen molar-refractivity contribution < 1.29 is 22.8 Å². The van der Waals surface area contributed by atoms with Gasteiger partial charge in [0.2, 0.25) is 10.0 Å². The highest BCUT2D eigenvalue weighted by Crippen LogP contribution is 2.12. The van der Waals surface area contributed by atoms with Crippen LogP contribution in [-0.4, -0.2) is 30.7 Å². The van der Waals surface area contributed by atoms with Crippen LogP contribution in [0.5, 0.6) is 0 Å². The first-order valence-corrected chi connectivity index (χ1v) is 7.55. The molecule has 0 bridgehead atoms. The maximum absolute atomic E-state index is 11.9. The topological polar surface area (TPSA) is 110 Å². The number of hydrogen-bond donors (Lipinski definition) is 2. The fourth-order valence-corrected chi connectivity index (χ4v) is 2.87. The van der Waals surface area contributed by atoms with Crippen molar-refractivity contribution >= 4 is 16.0 Å². The van der Waals surface area contributed by atoms with Crippen LogP contribution in [0.3, 0.4) is 0 Å². The second-order valence-electron chi connectivity index (χ2n) is 4.51. The van der Waals surface area contributed by atoms with Crippen LogP contribution < -0.4 is 4.72 Å². The predicted octanol–water partition coefficient (Wildman–Crippen LogP) is 0.902. The summed E-state index contributed by atoms with van der Waals surface area (Å²) in [6.45, 7) is 5.15. The molecule has 0 aliphatic rings. The highest BCUT2D eigenvalue weighted by Gasteiger charge is 2.29. The zero-order chi connectivity index (χ0) is 14.6. The molecule has 0 unspecified atom stereocenters. The van der Waals surface area contributed by atoms with Gasteiger partial charge < -0.3 is 9.63 Å². The number of nitrogens with one attached hydrogen (secondary N) is 1. The number of sulfonamides is 1. The lowest BCUT2D eigenvalue weighted by Crippen LogP contribution is -2.45. The summed E-state index contributed by atoms with van der Waals surface area (Å²) in [7, 11) is -3.79. The molecule has 0 spiro atoms. The third kappa shape index (κ3) is 4.64. The van der Waals surface area contributed by atoms with Crippen molar-refractivity contribution in [2.45, 2.75) is 39.0 Å². The van der Waals surface area contributed by atoms with E-state index in [4.69, 9.17) is 9.63 Å². The first kappa shape index (κ1) is 15.6. The molecule has 0 fully saturated rings. The van der Waals surface area contributed by atoms with Crippen LogP contribution >= 0.6 is 0 Å². The molecule has 1 heterocycles. The van der Waals surface area contributed by atoms with E-state index in [1.807, 2.05) is 0 Å². The summed E-state index contributed by atoms with van der Waals surface area (Å²) in [6.07, 6.45) is 0.556. The summed E-state index contributed by atoms with van der Waals surface area (Å²) < 4.78 is 30.8. The summed E-state index contributed by atoms with van der Waals surface area (Å²) >= 11 is 0. The lowest BCUT2D eigenvalue weighted by molar-refractivity contribution is -0.140. The van der Waals surface area contributed by atoms with Crippen molar-refractivity contribution in [3.05, 3.63) is 17.5 Å². The van der Waals surface area contributed by atoms with Crippen LogP contribution in [0.25, 0.3) is 0 Å². The lowest BCUT2D eigenvalue weighted by Gasteiger charge is -2.19. The Morgan fingerprint density at radius 2 is 2.21 bits per heavy atom. The van der Waals surface area contributed by atoms with E-state index < -0.39 is 27.8 Å². The summed E-state index contributed by atoms with van der Waals surface area (Å²) in [6, 6.07) is 0.358. The second kappa shape index (κ2) is 6.16. The quantitative estimate of drug-likeness (QED) is 0.772. The monoisotopic (exact) mass is 290 g/mol. The molecule has 108 valence electrons. The standard InChI is InChI=1S/C11H18N2O5S/c1-4-7(2)10(11(14)15)13-19(16,17)6-9-5-8(3)12-18-9/h5,7,10,13H,4,6H2,1-3H3,(H,14,15)/t7-,10-/m0/s1. The average molecular weight is 290 g/mol. The van der Waals surface area contributed by atoms with Gasteiger partial charge in [0.25, 0.3) is 0 Å². The molecule has 2 N–H and O–H groups in total. The van der Waals surface area contributed by atoms with Gasteiger partial charge in [-0.05, 0) is 12.8 Å². The number of aryl methyl sites for hydroxylation is 1. The van der Waals surface area contributed by atoms with Crippen molar-refractivity contribution in [1.82, 2.24) is 9.88 Å². The Morgan fingerprint density at radius 1 is 1.58 bits per heavy atom. The third-order valence-corrected chi connectivity index (χ3v) is 4.07. The summed E-state index contributed by atoms with van der Waals surface area (Å²) in [5.41, 5.74) is 0.571. The number of carbonyl (C=O) groups is 1. The molecule has 1 rings (SSSR count). The van der Waals surface area contributed by atoms with Gasteiger partial charge in [-0.3, -0.25) is 4.79 Å². The van der Waals surface area contributed by atoms with Gasteiger partial charge in [-0.25, -0.2) is 13.1 Å². The molecule has 7 nitrogen and oxygen atoms in total. The highest BCUT2D eigenvalue weighted by atomic mass is 32.2. The van der Waals surface area contributed by atoms with E-state index in [1.54, 1.807) is 20.8 Å². The van der Waals surface area contributed by atoms with E-state index in [1.165, 1.54) is 6.07 Å². The summed E-state index contributed by atoms with van der Waals surface area (Å²) in [5, 5.41) is 12.6. The molecule has 8 heteroatoms. The minimum absolute atomic E-state index is 0.179. The van der Waals surface area contributed by atoms with E-state index >= 15 is 0 Å². The molecule has 0 aliphatic heterocycles. The molecule has 2 atom stereocenters. The Hall–Kier alpha value is -1.41. The second-order valence-corrected chi connectivity index (χ2v) is 6.27. The first-order chi connectivity index (χ1) is 8.75. The molecular weight excluding hydrogens is 272 g/mol. The van der Waals surface area contributed by atoms with Gasteiger partial charge in [0.05, 0.1) is 5.69 Å². The van der Waals surface area contributed by atoms with Crippen LogP contribution in [0, 0.1) is 12.8 Å². The molecule has 1 aromatic heterocycles. The molecule has 0 aromatic carbocycles. The van der Waals surface area contributed by atoms with E-state index in [2.05, 4.69) is 9.88 Å². The van der Waals surface area contributed by atoms with Gasteiger partial charge in [0, 0.05) is 6.07 Å². The third-order valence-electron chi connectivity index (χ3n) is 2.79. The molecule has 0 saturated heterocycles. The van der Waals surface area contributed by atoms with Crippen LogP contribution in [0.1, 0.15) is 31.7 Å².